The van der Waals surface area contributed by atoms with Crippen molar-refractivity contribution >= 4 is 16.5 Å². The minimum absolute atomic E-state index is 0.165. The predicted octanol–water partition coefficient (Wildman–Crippen LogP) is 8.82. The zero-order valence-electron chi connectivity index (χ0n) is 21.4. The van der Waals surface area contributed by atoms with Gasteiger partial charge in [-0.2, -0.15) is 0 Å². The summed E-state index contributed by atoms with van der Waals surface area (Å²) in [5.41, 5.74) is 5.86. The van der Waals surface area contributed by atoms with Crippen LogP contribution in [0.1, 0.15) is 90.3 Å². The van der Waals surface area contributed by atoms with Crippen LogP contribution in [0.25, 0.3) is 16.5 Å². The molecule has 0 N–H and O–H groups in total. The number of aryl methyl sites for hydroxylation is 3. The fraction of sp³-hybridized carbons (Fsp3) is 0.519. The summed E-state index contributed by atoms with van der Waals surface area (Å²) in [5.74, 6) is 0.789. The number of halogens is 1. The second-order valence-electron chi connectivity index (χ2n) is 6.86. The second kappa shape index (κ2) is 15.4. The van der Waals surface area contributed by atoms with Crippen molar-refractivity contribution in [3.05, 3.63) is 58.9 Å². The van der Waals surface area contributed by atoms with E-state index in [9.17, 15) is 4.39 Å². The summed E-state index contributed by atoms with van der Waals surface area (Å²) in [6.45, 7) is 18.3. The third-order valence-electron chi connectivity index (χ3n) is 4.80. The van der Waals surface area contributed by atoms with Crippen LogP contribution in [0.15, 0.2) is 35.0 Å². The zero-order chi connectivity index (χ0) is 24.0. The molecule has 3 aromatic rings. The van der Waals surface area contributed by atoms with Gasteiger partial charge in [0.05, 0.1) is 5.69 Å². The molecule has 3 nitrogen and oxygen atoms in total. The standard InChI is InChI=1S/C16H20FN.C7H11NO.2C2H6/c1-4-6-12(7-5-2)15-11-18(3)16-9-8-13(17)10-14(15)16;1-4-7-5(2)8-9-6(7)3;2*1-2/h6,8-11H,4-5,7H2,1-3H3;4H2,1-3H3;2*1-2H3/b12-6+;;;. The molecule has 1 aromatic carbocycles. The van der Waals surface area contributed by atoms with E-state index in [1.54, 1.807) is 6.07 Å². The summed E-state index contributed by atoms with van der Waals surface area (Å²) >= 11 is 0. The number of fused-ring (bicyclic) bond motifs is 1. The lowest BCUT2D eigenvalue weighted by Crippen LogP contribution is -1.84. The van der Waals surface area contributed by atoms with Crippen LogP contribution in [-0.2, 0) is 13.5 Å². The lowest BCUT2D eigenvalue weighted by molar-refractivity contribution is 0.392. The van der Waals surface area contributed by atoms with Crippen LogP contribution in [0, 0.1) is 19.7 Å². The normalized spacial score (nSPS) is 10.5. The van der Waals surface area contributed by atoms with Gasteiger partial charge in [-0.3, -0.25) is 0 Å². The highest BCUT2D eigenvalue weighted by Crippen LogP contribution is 2.30. The average Bonchev–Trinajstić information content (AvgIpc) is 3.29. The van der Waals surface area contributed by atoms with Gasteiger partial charge >= 0.3 is 0 Å². The van der Waals surface area contributed by atoms with E-state index in [2.05, 4.69) is 42.8 Å². The first-order valence-electron chi connectivity index (χ1n) is 11.8. The van der Waals surface area contributed by atoms with Crippen molar-refractivity contribution in [3.8, 4) is 0 Å². The topological polar surface area (TPSA) is 31.0 Å². The van der Waals surface area contributed by atoms with E-state index in [0.717, 1.165) is 48.0 Å². The molecule has 0 bridgehead atoms. The van der Waals surface area contributed by atoms with Gasteiger partial charge in [0, 0.05) is 35.3 Å². The quantitative estimate of drug-likeness (QED) is 0.405. The molecule has 0 aliphatic rings. The summed E-state index contributed by atoms with van der Waals surface area (Å²) in [4.78, 5) is 0. The monoisotopic (exact) mass is 430 g/mol. The summed E-state index contributed by atoms with van der Waals surface area (Å²) in [7, 11) is 2.01. The van der Waals surface area contributed by atoms with Crippen molar-refractivity contribution in [2.24, 2.45) is 7.05 Å². The maximum Gasteiger partial charge on any atom is 0.137 e. The van der Waals surface area contributed by atoms with Gasteiger partial charge in [0.2, 0.25) is 0 Å². The summed E-state index contributed by atoms with van der Waals surface area (Å²) in [5, 5.41) is 4.83. The molecule has 0 amide bonds. The number of benzene rings is 1. The first-order chi connectivity index (χ1) is 14.9. The van der Waals surface area contributed by atoms with Gasteiger partial charge in [0.15, 0.2) is 0 Å². The Kier molecular flexibility index (Phi) is 14.3. The maximum atomic E-state index is 13.4. The van der Waals surface area contributed by atoms with Gasteiger partial charge in [-0.15, -0.1) is 0 Å². The highest BCUT2D eigenvalue weighted by Gasteiger charge is 2.10. The molecule has 0 saturated carbocycles. The first kappa shape index (κ1) is 28.6. The molecule has 31 heavy (non-hydrogen) atoms. The minimum Gasteiger partial charge on any atom is -0.361 e. The van der Waals surface area contributed by atoms with E-state index in [0.29, 0.717) is 0 Å². The number of hydrogen-bond donors (Lipinski definition) is 0. The van der Waals surface area contributed by atoms with Crippen molar-refractivity contribution in [3.63, 3.8) is 0 Å². The Morgan fingerprint density at radius 2 is 1.74 bits per heavy atom. The molecule has 0 unspecified atom stereocenters. The average molecular weight is 431 g/mol. The Morgan fingerprint density at radius 3 is 2.19 bits per heavy atom. The van der Waals surface area contributed by atoms with Crippen LogP contribution in [0.4, 0.5) is 4.39 Å². The molecule has 4 heteroatoms. The molecular formula is C27H43FN2O. The van der Waals surface area contributed by atoms with E-state index in [1.165, 1.54) is 22.8 Å². The maximum absolute atomic E-state index is 13.4. The predicted molar refractivity (Wildman–Crippen MR) is 134 cm³/mol. The number of aromatic nitrogens is 2. The van der Waals surface area contributed by atoms with Crippen LogP contribution < -0.4 is 0 Å². The molecule has 3 rings (SSSR count). The Labute approximate surface area is 189 Å². The SMILES string of the molecule is CC.CC.CC/C=C(\CCC)c1cn(C)c2ccc(F)cc12.CCc1c(C)noc1C. The molecule has 0 atom stereocenters. The van der Waals surface area contributed by atoms with Gasteiger partial charge in [0.25, 0.3) is 0 Å². The fourth-order valence-electron chi connectivity index (χ4n) is 3.49. The van der Waals surface area contributed by atoms with E-state index < -0.39 is 0 Å². The minimum atomic E-state index is -0.165. The largest absolute Gasteiger partial charge is 0.361 e. The Balaban J connectivity index is 0.000000582. The van der Waals surface area contributed by atoms with Gasteiger partial charge in [-0.25, -0.2) is 4.39 Å². The third-order valence-corrected chi connectivity index (χ3v) is 4.80. The highest BCUT2D eigenvalue weighted by atomic mass is 19.1. The number of nitrogens with zero attached hydrogens (tertiary/aromatic N) is 2. The summed E-state index contributed by atoms with van der Waals surface area (Å²) in [6, 6.07) is 5.02. The van der Waals surface area contributed by atoms with Crippen molar-refractivity contribution in [2.45, 2.75) is 88.0 Å². The lowest BCUT2D eigenvalue weighted by Gasteiger charge is -2.04. The smallest absolute Gasteiger partial charge is 0.137 e. The number of rotatable bonds is 5. The van der Waals surface area contributed by atoms with Crippen molar-refractivity contribution in [2.75, 3.05) is 0 Å². The van der Waals surface area contributed by atoms with Crippen LogP contribution in [0.3, 0.4) is 0 Å². The van der Waals surface area contributed by atoms with E-state index in [-0.39, 0.29) is 5.82 Å². The molecule has 0 fully saturated rings. The van der Waals surface area contributed by atoms with Crippen molar-refractivity contribution in [1.82, 2.24) is 9.72 Å². The molecule has 0 spiro atoms. The van der Waals surface area contributed by atoms with Crippen LogP contribution in [0.5, 0.6) is 0 Å². The molecule has 2 aromatic heterocycles. The van der Waals surface area contributed by atoms with Crippen molar-refractivity contribution in [1.29, 1.82) is 0 Å². The number of hydrogen-bond acceptors (Lipinski definition) is 2. The van der Waals surface area contributed by atoms with Crippen molar-refractivity contribution < 1.29 is 8.91 Å². The van der Waals surface area contributed by atoms with E-state index in [1.807, 2.05) is 54.7 Å². The lowest BCUT2D eigenvalue weighted by atomic mass is 10.00. The fourth-order valence-corrected chi connectivity index (χ4v) is 3.49. The second-order valence-corrected chi connectivity index (χ2v) is 6.86. The Hall–Kier alpha value is -2.36. The summed E-state index contributed by atoms with van der Waals surface area (Å²) in [6.07, 6.45) is 8.55. The molecular weight excluding hydrogens is 387 g/mol. The molecule has 174 valence electrons. The zero-order valence-corrected chi connectivity index (χ0v) is 21.4. The highest BCUT2D eigenvalue weighted by molar-refractivity contribution is 5.93. The van der Waals surface area contributed by atoms with Gasteiger partial charge in [-0.1, -0.05) is 66.1 Å². The van der Waals surface area contributed by atoms with Gasteiger partial charge in [0.1, 0.15) is 11.6 Å². The first-order valence-corrected chi connectivity index (χ1v) is 11.8. The number of allylic oxidation sites excluding steroid dienone is 2. The van der Waals surface area contributed by atoms with Gasteiger partial charge in [-0.05, 0) is 56.9 Å². The van der Waals surface area contributed by atoms with Crippen LogP contribution >= 0.6 is 0 Å². The molecule has 0 radical (unpaired) electrons. The van der Waals surface area contributed by atoms with Crippen LogP contribution in [0.2, 0.25) is 0 Å². The molecule has 0 aliphatic carbocycles. The van der Waals surface area contributed by atoms with Crippen LogP contribution in [-0.4, -0.2) is 9.72 Å². The molecule has 0 saturated heterocycles. The van der Waals surface area contributed by atoms with E-state index >= 15 is 0 Å². The van der Waals surface area contributed by atoms with Gasteiger partial charge < -0.3 is 9.09 Å². The Morgan fingerprint density at radius 1 is 1.10 bits per heavy atom. The molecule has 0 aliphatic heterocycles. The third kappa shape index (κ3) is 8.01. The van der Waals surface area contributed by atoms with E-state index in [4.69, 9.17) is 4.52 Å². The summed E-state index contributed by atoms with van der Waals surface area (Å²) < 4.78 is 20.4. The Bertz CT molecular complexity index is 899. The molecule has 2 heterocycles.